The van der Waals surface area contributed by atoms with Gasteiger partial charge in [-0.15, -0.1) is 0 Å². The van der Waals surface area contributed by atoms with Crippen molar-refractivity contribution in [1.82, 2.24) is 9.55 Å². The predicted octanol–water partition coefficient (Wildman–Crippen LogP) is -0.670. The van der Waals surface area contributed by atoms with Crippen LogP contribution in [0.3, 0.4) is 0 Å². The summed E-state index contributed by atoms with van der Waals surface area (Å²) in [4.78, 5) is 60.1. The van der Waals surface area contributed by atoms with Crippen LogP contribution in [-0.2, 0) is 31.6 Å². The number of aromatic amines is 1. The number of aliphatic hydroxyl groups excluding tert-OH is 1. The minimum absolute atomic E-state index is 0.318. The maximum atomic E-state index is 15.2. The third-order valence-corrected chi connectivity index (χ3v) is 7.55. The molecule has 2 rings (SSSR count). The van der Waals surface area contributed by atoms with Crippen LogP contribution in [0.2, 0.25) is 0 Å². The maximum absolute atomic E-state index is 15.2. The zero-order valence-electron chi connectivity index (χ0n) is 15.3. The summed E-state index contributed by atoms with van der Waals surface area (Å²) in [5, 5.41) is 10.1. The molecule has 0 bridgehead atoms. The van der Waals surface area contributed by atoms with Crippen molar-refractivity contribution in [2.45, 2.75) is 23.9 Å². The summed E-state index contributed by atoms with van der Waals surface area (Å²) in [6.07, 6.45) is -4.19. The number of phosphoric acid groups is 3. The van der Waals surface area contributed by atoms with Crippen molar-refractivity contribution >= 4 is 23.5 Å². The van der Waals surface area contributed by atoms with Crippen LogP contribution in [0.15, 0.2) is 34.5 Å². The van der Waals surface area contributed by atoms with Crippen LogP contribution in [0, 0.1) is 0 Å². The number of ether oxygens (including phenoxy) is 1. The fraction of sp³-hybridized carbons (Fsp3) is 0.455. The van der Waals surface area contributed by atoms with Gasteiger partial charge >= 0.3 is 29.2 Å². The van der Waals surface area contributed by atoms with Gasteiger partial charge in [0.1, 0.15) is 6.61 Å². The summed E-state index contributed by atoms with van der Waals surface area (Å²) < 4.78 is 79.8. The van der Waals surface area contributed by atoms with Crippen molar-refractivity contribution in [3.8, 4) is 0 Å². The molecule has 21 heteroatoms. The molecule has 182 valence electrons. The largest absolute Gasteiger partial charge is 0.490 e. The van der Waals surface area contributed by atoms with Gasteiger partial charge in [-0.2, -0.15) is 8.62 Å². The van der Waals surface area contributed by atoms with Gasteiger partial charge in [-0.25, -0.2) is 27.3 Å². The standard InChI is InChI=1S/C11H15F2N2O14P3/c1-2-10(12)7(17)11(13,27-8(10)15-4-3-6(16)14-9(15)18)5-26-31(22,23)29-32(24,25)28-30(19,20)21/h2-4,7-8,17H,1,5H2,(H,22,23)(H,24,25)(H,14,16,18)(H2,19,20,21). The Kier molecular flexibility index (Phi) is 7.35. The number of aromatic nitrogens is 2. The average molecular weight is 530 g/mol. The lowest BCUT2D eigenvalue weighted by atomic mass is 9.95. The summed E-state index contributed by atoms with van der Waals surface area (Å²) in [6.45, 7) is 1.16. The van der Waals surface area contributed by atoms with E-state index in [0.29, 0.717) is 16.8 Å². The first-order valence-electron chi connectivity index (χ1n) is 7.81. The molecule has 0 saturated carbocycles. The minimum atomic E-state index is -5.93. The van der Waals surface area contributed by atoms with E-state index in [1.54, 1.807) is 4.98 Å². The highest BCUT2D eigenvalue weighted by Gasteiger charge is 2.66. The molecule has 1 aliphatic heterocycles. The highest BCUT2D eigenvalue weighted by Crippen LogP contribution is 2.66. The van der Waals surface area contributed by atoms with E-state index in [9.17, 15) is 33.3 Å². The number of alkyl halides is 2. The van der Waals surface area contributed by atoms with E-state index in [0.717, 1.165) is 6.07 Å². The average Bonchev–Trinajstić information content (AvgIpc) is 2.80. The minimum Gasteiger partial charge on any atom is -0.383 e. The molecule has 6 atom stereocenters. The number of hydrogen-bond acceptors (Lipinski definition) is 10. The van der Waals surface area contributed by atoms with Crippen LogP contribution in [-0.4, -0.2) is 58.5 Å². The SMILES string of the molecule is C=CC1(F)C(n2ccc(=O)[nH]c2=O)OC(F)(COP(=O)(O)OP(=O)(O)OP(=O)(O)O)C1O. The fourth-order valence-electron chi connectivity index (χ4n) is 2.49. The van der Waals surface area contributed by atoms with Crippen molar-refractivity contribution in [3.63, 3.8) is 0 Å². The Balaban J connectivity index is 2.28. The molecule has 6 N–H and O–H groups in total. The van der Waals surface area contributed by atoms with E-state index in [4.69, 9.17) is 14.7 Å². The third kappa shape index (κ3) is 5.94. The van der Waals surface area contributed by atoms with E-state index in [2.05, 4.69) is 24.5 Å². The van der Waals surface area contributed by atoms with Gasteiger partial charge in [-0.05, 0) is 6.08 Å². The lowest BCUT2D eigenvalue weighted by Gasteiger charge is -2.26. The molecule has 0 aromatic carbocycles. The van der Waals surface area contributed by atoms with Crippen LogP contribution in [0.1, 0.15) is 6.23 Å². The van der Waals surface area contributed by atoms with Gasteiger partial charge in [-0.1, -0.05) is 6.58 Å². The molecule has 0 amide bonds. The van der Waals surface area contributed by atoms with Gasteiger partial charge in [0, 0.05) is 12.3 Å². The molecule has 0 aliphatic carbocycles. The Bertz CT molecular complexity index is 1150. The van der Waals surface area contributed by atoms with Crippen molar-refractivity contribution in [2.75, 3.05) is 6.61 Å². The fourth-order valence-corrected chi connectivity index (χ4v) is 5.52. The number of rotatable bonds is 9. The van der Waals surface area contributed by atoms with Crippen LogP contribution in [0.4, 0.5) is 8.78 Å². The van der Waals surface area contributed by atoms with Crippen molar-refractivity contribution in [3.05, 3.63) is 45.8 Å². The first kappa shape index (κ1) is 26.9. The van der Waals surface area contributed by atoms with E-state index in [1.165, 1.54) is 0 Å². The number of hydrogen-bond donors (Lipinski definition) is 6. The highest BCUT2D eigenvalue weighted by atomic mass is 31.3. The van der Waals surface area contributed by atoms with Gasteiger partial charge in [0.2, 0.25) is 5.67 Å². The first-order chi connectivity index (χ1) is 14.3. The van der Waals surface area contributed by atoms with Gasteiger partial charge in [0.05, 0.1) is 0 Å². The van der Waals surface area contributed by atoms with Crippen LogP contribution in [0.25, 0.3) is 0 Å². The molecule has 0 radical (unpaired) electrons. The molecular weight excluding hydrogens is 515 g/mol. The number of halogens is 2. The second-order valence-electron chi connectivity index (χ2n) is 6.07. The molecule has 6 unspecified atom stereocenters. The molecule has 2 heterocycles. The van der Waals surface area contributed by atoms with Crippen LogP contribution in [0.5, 0.6) is 0 Å². The number of H-pyrrole nitrogens is 1. The molecule has 1 aliphatic rings. The monoisotopic (exact) mass is 530 g/mol. The number of nitrogens with zero attached hydrogens (tertiary/aromatic N) is 1. The Morgan fingerprint density at radius 3 is 2.28 bits per heavy atom. The van der Waals surface area contributed by atoms with E-state index >= 15 is 8.78 Å². The highest BCUT2D eigenvalue weighted by molar-refractivity contribution is 7.66. The summed E-state index contributed by atoms with van der Waals surface area (Å²) in [7, 11) is -17.5. The molecule has 16 nitrogen and oxygen atoms in total. The smallest absolute Gasteiger partial charge is 0.383 e. The van der Waals surface area contributed by atoms with Gasteiger partial charge < -0.3 is 29.4 Å². The Labute approximate surface area is 175 Å². The van der Waals surface area contributed by atoms with Crippen LogP contribution >= 0.6 is 23.5 Å². The Morgan fingerprint density at radius 2 is 1.78 bits per heavy atom. The first-order valence-corrected chi connectivity index (χ1v) is 12.3. The lowest BCUT2D eigenvalue weighted by Crippen LogP contribution is -2.48. The zero-order chi connectivity index (χ0) is 24.8. The van der Waals surface area contributed by atoms with E-state index in [1.807, 2.05) is 0 Å². The Hall–Kier alpha value is -1.39. The van der Waals surface area contributed by atoms with Crippen molar-refractivity contribution < 1.29 is 65.0 Å². The molecule has 1 saturated heterocycles. The summed E-state index contributed by atoms with van der Waals surface area (Å²) >= 11 is 0. The number of aliphatic hydroxyl groups is 1. The molecule has 32 heavy (non-hydrogen) atoms. The molecule has 1 aromatic rings. The quantitative estimate of drug-likeness (QED) is 0.171. The van der Waals surface area contributed by atoms with Crippen molar-refractivity contribution in [1.29, 1.82) is 0 Å². The number of nitrogens with one attached hydrogen (secondary N) is 1. The normalized spacial score (nSPS) is 32.2. The molecule has 1 aromatic heterocycles. The molecule has 0 spiro atoms. The maximum Gasteiger partial charge on any atom is 0.490 e. The lowest BCUT2D eigenvalue weighted by molar-refractivity contribution is -0.204. The topological polar surface area (TPSA) is 244 Å². The molecule has 1 fully saturated rings. The second kappa shape index (κ2) is 8.76. The van der Waals surface area contributed by atoms with Gasteiger partial charge in [0.25, 0.3) is 11.4 Å². The second-order valence-corrected chi connectivity index (χ2v) is 10.5. The van der Waals surface area contributed by atoms with E-state index < -0.39 is 65.2 Å². The predicted molar refractivity (Wildman–Crippen MR) is 95.1 cm³/mol. The summed E-state index contributed by atoms with van der Waals surface area (Å²) in [5.41, 5.74) is -5.49. The third-order valence-electron chi connectivity index (χ3n) is 3.77. The van der Waals surface area contributed by atoms with E-state index in [-0.39, 0.29) is 0 Å². The van der Waals surface area contributed by atoms with Crippen molar-refractivity contribution in [2.24, 2.45) is 0 Å². The molecular formula is C11H15F2N2O14P3. The van der Waals surface area contributed by atoms with Gasteiger partial charge in [-0.3, -0.25) is 18.9 Å². The Morgan fingerprint density at radius 1 is 1.19 bits per heavy atom. The van der Waals surface area contributed by atoms with Gasteiger partial charge in [0.15, 0.2) is 12.3 Å². The number of phosphoric ester groups is 1. The summed E-state index contributed by atoms with van der Waals surface area (Å²) in [6, 6.07) is 0.727. The zero-order valence-corrected chi connectivity index (χ0v) is 17.9. The summed E-state index contributed by atoms with van der Waals surface area (Å²) in [5.74, 6) is -3.73. The van der Waals surface area contributed by atoms with Crippen LogP contribution < -0.4 is 11.2 Å².